The molecule has 5 nitrogen and oxygen atoms in total. The maximum absolute atomic E-state index is 12.6. The van der Waals surface area contributed by atoms with E-state index >= 15 is 0 Å². The molecular formula is C25H38N2O3. The number of amides is 1. The monoisotopic (exact) mass is 414 g/mol. The number of rotatable bonds is 9. The molecule has 1 aromatic rings. The number of unbranched alkanes of at least 4 members (excludes halogenated alkanes) is 2. The van der Waals surface area contributed by atoms with Crippen molar-refractivity contribution in [2.75, 3.05) is 31.7 Å². The fourth-order valence-corrected chi connectivity index (χ4v) is 5.84. The molecule has 3 atom stereocenters. The number of hydrogen-bond donors (Lipinski definition) is 0. The van der Waals surface area contributed by atoms with Crippen molar-refractivity contribution < 1.29 is 14.3 Å². The van der Waals surface area contributed by atoms with E-state index < -0.39 is 0 Å². The Morgan fingerprint density at radius 2 is 1.93 bits per heavy atom. The van der Waals surface area contributed by atoms with Crippen molar-refractivity contribution in [3.63, 3.8) is 0 Å². The minimum absolute atomic E-state index is 0.0419. The van der Waals surface area contributed by atoms with Crippen molar-refractivity contribution in [3.05, 3.63) is 18.2 Å². The van der Waals surface area contributed by atoms with E-state index in [0.29, 0.717) is 5.92 Å². The second-order valence-corrected chi connectivity index (χ2v) is 9.65. The molecule has 2 saturated heterocycles. The van der Waals surface area contributed by atoms with Crippen LogP contribution in [0.25, 0.3) is 0 Å². The topological polar surface area (TPSA) is 42.0 Å². The van der Waals surface area contributed by atoms with Gasteiger partial charge in [-0.1, -0.05) is 39.5 Å². The van der Waals surface area contributed by atoms with Crippen LogP contribution in [-0.2, 0) is 4.79 Å². The first-order chi connectivity index (χ1) is 14.6. The lowest BCUT2D eigenvalue weighted by molar-refractivity contribution is -0.121. The Morgan fingerprint density at radius 1 is 1.17 bits per heavy atom. The summed E-state index contributed by atoms with van der Waals surface area (Å²) in [5, 5.41) is 0. The average molecular weight is 415 g/mol. The van der Waals surface area contributed by atoms with Gasteiger partial charge in [-0.3, -0.25) is 9.69 Å². The van der Waals surface area contributed by atoms with E-state index in [9.17, 15) is 4.79 Å². The molecule has 3 unspecified atom stereocenters. The second kappa shape index (κ2) is 9.59. The lowest BCUT2D eigenvalue weighted by Crippen LogP contribution is -2.48. The molecule has 2 fully saturated rings. The zero-order valence-electron chi connectivity index (χ0n) is 18.9. The van der Waals surface area contributed by atoms with Crippen LogP contribution in [0.2, 0.25) is 0 Å². The molecule has 3 aliphatic rings. The number of piperidine rings is 1. The molecule has 0 N–H and O–H groups in total. The summed E-state index contributed by atoms with van der Waals surface area (Å²) < 4.78 is 11.0. The number of ether oxygens (including phenoxy) is 2. The van der Waals surface area contributed by atoms with Gasteiger partial charge in [0, 0.05) is 31.2 Å². The van der Waals surface area contributed by atoms with E-state index in [1.807, 2.05) is 23.1 Å². The van der Waals surface area contributed by atoms with Crippen molar-refractivity contribution >= 4 is 11.6 Å². The molecule has 166 valence electrons. The SMILES string of the molecule is CCCCCC1CC2CCC(C1)N2CC(C)CN1C(=O)COc2ccc(OC)cc21. The van der Waals surface area contributed by atoms with Gasteiger partial charge in [-0.25, -0.2) is 0 Å². The Bertz CT molecular complexity index is 723. The van der Waals surface area contributed by atoms with Gasteiger partial charge in [0.15, 0.2) is 6.61 Å². The van der Waals surface area contributed by atoms with E-state index in [1.54, 1.807) is 7.11 Å². The van der Waals surface area contributed by atoms with E-state index in [2.05, 4.69) is 18.7 Å². The van der Waals surface area contributed by atoms with Crippen molar-refractivity contribution in [2.24, 2.45) is 11.8 Å². The summed E-state index contributed by atoms with van der Waals surface area (Å²) in [7, 11) is 1.65. The quantitative estimate of drug-likeness (QED) is 0.540. The van der Waals surface area contributed by atoms with Gasteiger partial charge in [-0.15, -0.1) is 0 Å². The third kappa shape index (κ3) is 4.61. The van der Waals surface area contributed by atoms with Crippen LogP contribution in [0.5, 0.6) is 11.5 Å². The molecule has 4 rings (SSSR count). The first-order valence-corrected chi connectivity index (χ1v) is 12.0. The number of benzene rings is 1. The highest BCUT2D eigenvalue weighted by atomic mass is 16.5. The van der Waals surface area contributed by atoms with E-state index in [0.717, 1.165) is 48.3 Å². The number of hydrogen-bond acceptors (Lipinski definition) is 4. The number of anilines is 1. The minimum atomic E-state index is 0.0419. The first kappa shape index (κ1) is 21.5. The van der Waals surface area contributed by atoms with Crippen molar-refractivity contribution in [3.8, 4) is 11.5 Å². The minimum Gasteiger partial charge on any atom is -0.497 e. The van der Waals surface area contributed by atoms with Crippen LogP contribution in [0.15, 0.2) is 18.2 Å². The zero-order chi connectivity index (χ0) is 21.1. The molecule has 0 spiro atoms. The summed E-state index contributed by atoms with van der Waals surface area (Å²) >= 11 is 0. The van der Waals surface area contributed by atoms with Crippen molar-refractivity contribution in [1.82, 2.24) is 4.90 Å². The van der Waals surface area contributed by atoms with Gasteiger partial charge in [0.2, 0.25) is 0 Å². The standard InChI is InChI=1S/C25H38N2O3/c1-4-5-6-7-19-12-20-8-9-21(13-19)26(20)15-18(2)16-27-23-14-22(29-3)10-11-24(23)30-17-25(27)28/h10-11,14,18-21H,4-9,12-13,15-17H2,1-3H3. The summed E-state index contributed by atoms with van der Waals surface area (Å²) in [6, 6.07) is 7.22. The zero-order valence-corrected chi connectivity index (χ0v) is 18.9. The molecular weight excluding hydrogens is 376 g/mol. The summed E-state index contributed by atoms with van der Waals surface area (Å²) in [6.45, 7) is 6.52. The highest BCUT2D eigenvalue weighted by Crippen LogP contribution is 2.41. The van der Waals surface area contributed by atoms with Gasteiger partial charge in [-0.2, -0.15) is 0 Å². The molecule has 30 heavy (non-hydrogen) atoms. The average Bonchev–Trinajstić information content (AvgIpc) is 2.97. The molecule has 5 heteroatoms. The molecule has 0 aliphatic carbocycles. The molecule has 2 bridgehead atoms. The summed E-state index contributed by atoms with van der Waals surface area (Å²) in [5.74, 6) is 2.93. The highest BCUT2D eigenvalue weighted by Gasteiger charge is 2.41. The maximum atomic E-state index is 12.6. The van der Waals surface area contributed by atoms with Gasteiger partial charge in [0.1, 0.15) is 11.5 Å². The van der Waals surface area contributed by atoms with Crippen molar-refractivity contribution in [2.45, 2.75) is 77.3 Å². The third-order valence-electron chi connectivity index (χ3n) is 7.32. The smallest absolute Gasteiger partial charge is 0.265 e. The molecule has 1 aromatic carbocycles. The first-order valence-electron chi connectivity index (χ1n) is 12.0. The third-order valence-corrected chi connectivity index (χ3v) is 7.32. The van der Waals surface area contributed by atoms with E-state index in [4.69, 9.17) is 9.47 Å². The fourth-order valence-electron chi connectivity index (χ4n) is 5.84. The number of carbonyl (C=O) groups excluding carboxylic acids is 1. The number of fused-ring (bicyclic) bond motifs is 3. The summed E-state index contributed by atoms with van der Waals surface area (Å²) in [4.78, 5) is 17.3. The second-order valence-electron chi connectivity index (χ2n) is 9.65. The molecule has 0 aromatic heterocycles. The Balaban J connectivity index is 1.37. The lowest BCUT2D eigenvalue weighted by Gasteiger charge is -2.41. The van der Waals surface area contributed by atoms with Crippen LogP contribution in [0.3, 0.4) is 0 Å². The Morgan fingerprint density at radius 3 is 2.63 bits per heavy atom. The normalized spacial score (nSPS) is 27.0. The van der Waals surface area contributed by atoms with Gasteiger partial charge in [0.05, 0.1) is 12.8 Å². The Kier molecular flexibility index (Phi) is 6.87. The van der Waals surface area contributed by atoms with Crippen LogP contribution in [-0.4, -0.2) is 49.7 Å². The Hall–Kier alpha value is -1.75. The summed E-state index contributed by atoms with van der Waals surface area (Å²) in [5.41, 5.74) is 0.843. The molecule has 1 amide bonds. The predicted octanol–water partition coefficient (Wildman–Crippen LogP) is 4.88. The van der Waals surface area contributed by atoms with Crippen LogP contribution >= 0.6 is 0 Å². The fraction of sp³-hybridized carbons (Fsp3) is 0.720. The lowest BCUT2D eigenvalue weighted by atomic mass is 9.86. The van der Waals surface area contributed by atoms with Gasteiger partial charge < -0.3 is 14.4 Å². The summed E-state index contributed by atoms with van der Waals surface area (Å²) in [6.07, 6.45) is 11.0. The Labute approximate surface area is 181 Å². The van der Waals surface area contributed by atoms with Gasteiger partial charge >= 0.3 is 0 Å². The van der Waals surface area contributed by atoms with E-state index in [-0.39, 0.29) is 12.5 Å². The highest BCUT2D eigenvalue weighted by molar-refractivity contribution is 5.98. The predicted molar refractivity (Wildman–Crippen MR) is 120 cm³/mol. The van der Waals surface area contributed by atoms with Gasteiger partial charge in [0.25, 0.3) is 5.91 Å². The van der Waals surface area contributed by atoms with Crippen LogP contribution in [0, 0.1) is 11.8 Å². The molecule has 3 heterocycles. The molecule has 3 aliphatic heterocycles. The van der Waals surface area contributed by atoms with Crippen LogP contribution < -0.4 is 14.4 Å². The van der Waals surface area contributed by atoms with Crippen molar-refractivity contribution in [1.29, 1.82) is 0 Å². The van der Waals surface area contributed by atoms with E-state index in [1.165, 1.54) is 51.4 Å². The molecule has 0 saturated carbocycles. The van der Waals surface area contributed by atoms with Crippen LogP contribution in [0.1, 0.15) is 65.2 Å². The largest absolute Gasteiger partial charge is 0.497 e. The number of methoxy groups -OCH3 is 1. The number of nitrogens with zero attached hydrogens (tertiary/aromatic N) is 2. The molecule has 0 radical (unpaired) electrons. The van der Waals surface area contributed by atoms with Crippen LogP contribution in [0.4, 0.5) is 5.69 Å². The van der Waals surface area contributed by atoms with Gasteiger partial charge in [-0.05, 0) is 49.7 Å². The maximum Gasteiger partial charge on any atom is 0.265 e. The number of carbonyl (C=O) groups is 1.